The summed E-state index contributed by atoms with van der Waals surface area (Å²) in [4.78, 5) is 13.9. The van der Waals surface area contributed by atoms with Crippen LogP contribution in [0.4, 0.5) is 0 Å². The quantitative estimate of drug-likeness (QED) is 0.769. The van der Waals surface area contributed by atoms with Crippen molar-refractivity contribution in [1.82, 2.24) is 14.7 Å². The van der Waals surface area contributed by atoms with Gasteiger partial charge in [-0.05, 0) is 12.1 Å². The SMILES string of the molecule is COC(=O)C1COCCN1CCn1cc2c(Br)cccc2n1. The van der Waals surface area contributed by atoms with Crippen molar-refractivity contribution in [2.24, 2.45) is 0 Å². The summed E-state index contributed by atoms with van der Waals surface area (Å²) in [6.07, 6.45) is 2.02. The molecule has 1 atom stereocenters. The normalized spacial score (nSPS) is 19.5. The average molecular weight is 368 g/mol. The summed E-state index contributed by atoms with van der Waals surface area (Å²) >= 11 is 3.53. The van der Waals surface area contributed by atoms with E-state index in [9.17, 15) is 4.79 Å². The highest BCUT2D eigenvalue weighted by Gasteiger charge is 2.29. The first-order valence-corrected chi connectivity index (χ1v) is 7.99. The van der Waals surface area contributed by atoms with Gasteiger partial charge in [0.2, 0.25) is 0 Å². The standard InChI is InChI=1S/C15H18BrN3O3/c1-21-15(20)14-10-22-8-7-18(14)5-6-19-9-11-12(16)3-2-4-13(11)17-19/h2-4,9,14H,5-8,10H2,1H3. The van der Waals surface area contributed by atoms with E-state index in [-0.39, 0.29) is 12.0 Å². The number of ether oxygens (including phenoxy) is 2. The lowest BCUT2D eigenvalue weighted by Crippen LogP contribution is -2.51. The Morgan fingerprint density at radius 3 is 3.14 bits per heavy atom. The Hall–Kier alpha value is -1.44. The fraction of sp³-hybridized carbons (Fsp3) is 0.467. The van der Waals surface area contributed by atoms with E-state index in [1.54, 1.807) is 0 Å². The third kappa shape index (κ3) is 3.16. The third-order valence-electron chi connectivity index (χ3n) is 3.87. The maximum atomic E-state index is 11.8. The molecule has 6 nitrogen and oxygen atoms in total. The number of carbonyl (C=O) groups is 1. The van der Waals surface area contributed by atoms with Crippen molar-refractivity contribution in [2.75, 3.05) is 33.4 Å². The Bertz CT molecular complexity index is 673. The van der Waals surface area contributed by atoms with Crippen molar-refractivity contribution in [3.05, 3.63) is 28.9 Å². The smallest absolute Gasteiger partial charge is 0.325 e. The number of morpholine rings is 1. The lowest BCUT2D eigenvalue weighted by molar-refractivity contribution is -0.153. The molecule has 1 unspecified atom stereocenters. The number of carbonyl (C=O) groups excluding carboxylic acids is 1. The van der Waals surface area contributed by atoms with Gasteiger partial charge in [-0.3, -0.25) is 14.4 Å². The minimum absolute atomic E-state index is 0.243. The van der Waals surface area contributed by atoms with E-state index < -0.39 is 0 Å². The monoisotopic (exact) mass is 367 g/mol. The van der Waals surface area contributed by atoms with E-state index >= 15 is 0 Å². The van der Waals surface area contributed by atoms with E-state index in [4.69, 9.17) is 9.47 Å². The molecule has 0 amide bonds. The Balaban J connectivity index is 1.69. The highest BCUT2D eigenvalue weighted by Crippen LogP contribution is 2.22. The number of halogens is 1. The third-order valence-corrected chi connectivity index (χ3v) is 4.56. The molecule has 3 rings (SSSR count). The van der Waals surface area contributed by atoms with Gasteiger partial charge in [-0.15, -0.1) is 0 Å². The second kappa shape index (κ2) is 6.76. The molecule has 0 saturated carbocycles. The molecule has 22 heavy (non-hydrogen) atoms. The number of aromatic nitrogens is 2. The number of esters is 1. The van der Waals surface area contributed by atoms with Crippen molar-refractivity contribution in [1.29, 1.82) is 0 Å². The van der Waals surface area contributed by atoms with E-state index in [1.165, 1.54) is 7.11 Å². The molecular formula is C15H18BrN3O3. The molecule has 0 spiro atoms. The van der Waals surface area contributed by atoms with Crippen LogP contribution in [0.25, 0.3) is 10.9 Å². The highest BCUT2D eigenvalue weighted by molar-refractivity contribution is 9.10. The molecule has 1 aliphatic rings. The zero-order chi connectivity index (χ0) is 15.5. The molecule has 2 heterocycles. The molecule has 0 N–H and O–H groups in total. The Kier molecular flexibility index (Phi) is 4.75. The second-order valence-corrected chi connectivity index (χ2v) is 6.07. The van der Waals surface area contributed by atoms with Crippen LogP contribution in [0.3, 0.4) is 0 Å². The van der Waals surface area contributed by atoms with Crippen LogP contribution in [0, 0.1) is 0 Å². The maximum absolute atomic E-state index is 11.8. The largest absolute Gasteiger partial charge is 0.468 e. The van der Waals surface area contributed by atoms with Crippen molar-refractivity contribution >= 4 is 32.8 Å². The first-order valence-electron chi connectivity index (χ1n) is 7.20. The summed E-state index contributed by atoms with van der Waals surface area (Å²) in [6.45, 7) is 3.20. The summed E-state index contributed by atoms with van der Waals surface area (Å²) in [5, 5.41) is 5.65. The molecule has 0 aliphatic carbocycles. The molecule has 7 heteroatoms. The fourth-order valence-corrected chi connectivity index (χ4v) is 3.12. The maximum Gasteiger partial charge on any atom is 0.325 e. The van der Waals surface area contributed by atoms with Crippen LogP contribution in [0.1, 0.15) is 0 Å². The number of nitrogens with zero attached hydrogens (tertiary/aromatic N) is 3. The van der Waals surface area contributed by atoms with Crippen LogP contribution in [0.5, 0.6) is 0 Å². The molecule has 118 valence electrons. The van der Waals surface area contributed by atoms with Crippen LogP contribution >= 0.6 is 15.9 Å². The van der Waals surface area contributed by atoms with Crippen LogP contribution < -0.4 is 0 Å². The number of rotatable bonds is 4. The van der Waals surface area contributed by atoms with Gasteiger partial charge in [-0.25, -0.2) is 0 Å². The molecule has 1 aromatic carbocycles. The minimum Gasteiger partial charge on any atom is -0.468 e. The van der Waals surface area contributed by atoms with Gasteiger partial charge in [-0.2, -0.15) is 5.10 Å². The van der Waals surface area contributed by atoms with Crippen molar-refractivity contribution in [2.45, 2.75) is 12.6 Å². The van der Waals surface area contributed by atoms with Crippen LogP contribution in [0.2, 0.25) is 0 Å². The summed E-state index contributed by atoms with van der Waals surface area (Å²) in [6, 6.07) is 5.64. The predicted molar refractivity (Wildman–Crippen MR) is 85.6 cm³/mol. The zero-order valence-corrected chi connectivity index (χ0v) is 14.0. The molecule has 1 fully saturated rings. The Morgan fingerprint density at radius 1 is 1.50 bits per heavy atom. The second-order valence-electron chi connectivity index (χ2n) is 5.21. The minimum atomic E-state index is -0.324. The van der Waals surface area contributed by atoms with Crippen molar-refractivity contribution in [3.8, 4) is 0 Å². The van der Waals surface area contributed by atoms with Gasteiger partial charge >= 0.3 is 5.97 Å². The number of benzene rings is 1. The predicted octanol–water partition coefficient (Wildman–Crippen LogP) is 1.67. The molecule has 0 bridgehead atoms. The summed E-state index contributed by atoms with van der Waals surface area (Å²) in [7, 11) is 1.41. The van der Waals surface area contributed by atoms with Gasteiger partial charge in [-0.1, -0.05) is 22.0 Å². The summed E-state index contributed by atoms with van der Waals surface area (Å²) in [5.41, 5.74) is 0.959. The summed E-state index contributed by atoms with van der Waals surface area (Å²) in [5.74, 6) is -0.243. The Morgan fingerprint density at radius 2 is 2.36 bits per heavy atom. The zero-order valence-electron chi connectivity index (χ0n) is 12.4. The first kappa shape index (κ1) is 15.5. The number of fused-ring (bicyclic) bond motifs is 1. The lowest BCUT2D eigenvalue weighted by atomic mass is 10.2. The van der Waals surface area contributed by atoms with E-state index in [0.29, 0.717) is 19.8 Å². The fourth-order valence-electron chi connectivity index (χ4n) is 2.66. The summed E-state index contributed by atoms with van der Waals surface area (Å²) < 4.78 is 13.2. The van der Waals surface area contributed by atoms with Gasteiger partial charge in [0, 0.05) is 29.1 Å². The molecular weight excluding hydrogens is 350 g/mol. The van der Waals surface area contributed by atoms with Gasteiger partial charge in [0.1, 0.15) is 6.04 Å². The number of methoxy groups -OCH3 is 1. The molecule has 1 aliphatic heterocycles. The highest BCUT2D eigenvalue weighted by atomic mass is 79.9. The lowest BCUT2D eigenvalue weighted by Gasteiger charge is -2.33. The van der Waals surface area contributed by atoms with Crippen molar-refractivity contribution in [3.63, 3.8) is 0 Å². The van der Waals surface area contributed by atoms with Crippen LogP contribution in [-0.4, -0.2) is 60.1 Å². The Labute approximate surface area is 137 Å². The van der Waals surface area contributed by atoms with Crippen LogP contribution in [0.15, 0.2) is 28.9 Å². The van der Waals surface area contributed by atoms with Gasteiger partial charge in [0.05, 0.1) is 32.4 Å². The molecule has 1 aromatic heterocycles. The molecule has 2 aromatic rings. The van der Waals surface area contributed by atoms with E-state index in [0.717, 1.165) is 28.5 Å². The van der Waals surface area contributed by atoms with Crippen molar-refractivity contribution < 1.29 is 14.3 Å². The average Bonchev–Trinajstić information content (AvgIpc) is 2.97. The van der Waals surface area contributed by atoms with Gasteiger partial charge in [0.25, 0.3) is 0 Å². The topological polar surface area (TPSA) is 56.6 Å². The number of hydrogen-bond acceptors (Lipinski definition) is 5. The van der Waals surface area contributed by atoms with Crippen LogP contribution in [-0.2, 0) is 20.8 Å². The molecule has 0 radical (unpaired) electrons. The first-order chi connectivity index (χ1) is 10.7. The van der Waals surface area contributed by atoms with Gasteiger partial charge < -0.3 is 9.47 Å². The van der Waals surface area contributed by atoms with E-state index in [2.05, 4.69) is 25.9 Å². The van der Waals surface area contributed by atoms with Gasteiger partial charge in [0.15, 0.2) is 0 Å². The number of hydrogen-bond donors (Lipinski definition) is 0. The van der Waals surface area contributed by atoms with E-state index in [1.807, 2.05) is 29.1 Å². The molecule has 1 saturated heterocycles.